The quantitative estimate of drug-likeness (QED) is 0.0219. The summed E-state index contributed by atoms with van der Waals surface area (Å²) in [6.45, 7) is 44.4. The number of hydrogen-bond donors (Lipinski definition) is 5. The molecule has 0 saturated heterocycles. The summed E-state index contributed by atoms with van der Waals surface area (Å²) in [6.07, 6.45) is 47.5. The van der Waals surface area contributed by atoms with Gasteiger partial charge in [0.25, 0.3) is 0 Å². The standard InChI is InChI=1S/C57H83N3O8S.C52H75N3O6S.C5H9ClO2/c1-10-12-47(61)67-37-68-50(62)55(36-66-49-40(35-58)13-11-33-59-49)25-16-39(17-26-55)43-21-23-52(6)45(51(43,4)5)22-24-54(8)46(52)15-14-44-48-42(38(2)3)20-29-57(48,31-30-53(44,54)7)60-34-32-56(63)27-18-41(19-28-56)69(9,64)65;1-34(2)38-17-26-52(55-31-29-51(58)24-15-37(16-25-51)62(8,59)60)28-27-48(6)40(43(38)52)11-12-42-47(5)20-18-39(46(3,4)41(47)19-21-49(42,48)7)35-13-22-50(23-14-35,45(56)57)33-61-44-36(32-53)10-9-30-54-44;1-2-3-5(7)8-4-6/h11,13,16,21,33,41-42,44-46,48,60,63H,2,10,12,14-15,17-20,22-32,34,36-37H2,1,3-9H3;9-10,13,18,30,37-38,40-43,55,58H,1,11-12,14-17,19-29,31,33H2,2-8H3,(H,56,57);2-4H2,1H3/t41?,42-,44+,45-,46+,48+,52-,53+,54+,55+,56?,57-;37?,38-,40+,41-,42+,43+,47-,48+,49+,50+,51?,52-;/m00./s1. The zero-order chi connectivity index (χ0) is 101. The summed E-state index contributed by atoms with van der Waals surface area (Å²) in [5.74, 6) is 3.77. The molecule has 0 unspecified atom stereocenters. The lowest BCUT2D eigenvalue weighted by atomic mass is 9.33. The number of pyridine rings is 2. The first-order valence-corrected chi connectivity index (χ1v) is 57.5. The number of aliphatic carboxylic acids is 1. The third-order valence-electron chi connectivity index (χ3n) is 41.5. The van der Waals surface area contributed by atoms with Crippen LogP contribution < -0.4 is 20.1 Å². The molecule has 768 valence electrons. The molecule has 10 fully saturated rings. The summed E-state index contributed by atoms with van der Waals surface area (Å²) < 4.78 is 76.4. The molecule has 25 heteroatoms. The molecule has 0 aliphatic heterocycles. The number of aliphatic hydroxyl groups is 2. The molecule has 139 heavy (non-hydrogen) atoms. The largest absolute Gasteiger partial charge is 0.481 e. The smallest absolute Gasteiger partial charge is 0.318 e. The third-order valence-corrected chi connectivity index (χ3v) is 44.9. The molecule has 2 heterocycles. The van der Waals surface area contributed by atoms with Gasteiger partial charge in [-0.1, -0.05) is 143 Å². The molecule has 10 saturated carbocycles. The van der Waals surface area contributed by atoms with E-state index in [-0.39, 0.29) is 108 Å². The Balaban J connectivity index is 0.000000206. The van der Waals surface area contributed by atoms with Crippen LogP contribution in [0.25, 0.3) is 0 Å². The van der Waals surface area contributed by atoms with Gasteiger partial charge in [-0.05, 0) is 407 Å². The van der Waals surface area contributed by atoms with Crippen molar-refractivity contribution in [2.45, 2.75) is 374 Å². The highest BCUT2D eigenvalue weighted by molar-refractivity contribution is 7.91. The van der Waals surface area contributed by atoms with Crippen molar-refractivity contribution < 1.29 is 75.0 Å². The summed E-state index contributed by atoms with van der Waals surface area (Å²) in [6, 6.07) is 10.9. The molecule has 22 nitrogen and oxygen atoms in total. The van der Waals surface area contributed by atoms with Crippen molar-refractivity contribution in [3.63, 3.8) is 0 Å². The summed E-state index contributed by atoms with van der Waals surface area (Å²) in [5.41, 5.74) is 5.89. The number of carboxylic acids is 1. The van der Waals surface area contributed by atoms with Gasteiger partial charge in [0.05, 0.1) is 21.7 Å². The first-order valence-electron chi connectivity index (χ1n) is 53.1. The van der Waals surface area contributed by atoms with Crippen LogP contribution in [0.4, 0.5) is 0 Å². The minimum Gasteiger partial charge on any atom is -0.481 e. The maximum atomic E-state index is 14.0. The molecular formula is C114H167ClN6O16S2. The number of rotatable bonds is 29. The number of nitrogens with one attached hydrogen (secondary N) is 2. The molecule has 5 N–H and O–H groups in total. The molecule has 16 rings (SSSR count). The van der Waals surface area contributed by atoms with Crippen LogP contribution in [0.15, 0.2) is 108 Å². The number of hydrogen-bond acceptors (Lipinski definition) is 21. The Bertz CT molecular complexity index is 5360. The second-order valence-corrected chi connectivity index (χ2v) is 53.9. The number of carbonyl (C=O) groups excluding carboxylic acids is 3. The SMILES string of the molecule is C=C(C)[C@@H]1CC[C@]2(NCCC3(O)CCC(S(C)(=O)=O)CC3)CC[C@]3(C)[C@H](CC[C@@H]4[C@@]5(C)CC=C(C6=CC[C@@](COc7ncccc7C#N)(C(=O)O)CC6)C(C)(C)[C@@H]5CC[C@]43C)[C@@H]12.C=C(C)[C@@H]1CC[C@]2(NCCC3(O)CCC(S(C)(=O)=O)CC3)CC[C@]3(C)[C@H](CC[C@@H]4[C@@]5(C)CC=C(C6=CC[C@@](COc7ncccc7C#N)(C(=O)OCOC(=O)CCC)CC6)C(C)(C)[C@@H]5CC[C@]43C)[C@@H]12.CCCC(=O)OCCl. The van der Waals surface area contributed by atoms with Gasteiger partial charge in [-0.3, -0.25) is 19.2 Å². The van der Waals surface area contributed by atoms with Crippen molar-refractivity contribution in [2.75, 3.05) is 51.7 Å². The number of sulfone groups is 2. The van der Waals surface area contributed by atoms with Gasteiger partial charge in [-0.2, -0.15) is 10.5 Å². The fourth-order valence-electron chi connectivity index (χ4n) is 33.5. The highest BCUT2D eigenvalue weighted by atomic mass is 35.5. The monoisotopic (exact) mass is 1980 g/mol. The molecule has 0 aromatic carbocycles. The van der Waals surface area contributed by atoms with Gasteiger partial charge in [0.1, 0.15) is 67.0 Å². The van der Waals surface area contributed by atoms with E-state index >= 15 is 0 Å². The van der Waals surface area contributed by atoms with E-state index in [4.69, 9.17) is 30.5 Å². The second kappa shape index (κ2) is 41.3. The Morgan fingerprint density at radius 3 is 1.27 bits per heavy atom. The topological polar surface area (TPSA) is 341 Å². The molecule has 0 spiro atoms. The maximum Gasteiger partial charge on any atom is 0.318 e. The van der Waals surface area contributed by atoms with Crippen LogP contribution in [0.1, 0.15) is 352 Å². The number of allylic oxidation sites excluding steroid dienone is 10. The molecule has 2 aromatic rings. The van der Waals surface area contributed by atoms with Gasteiger partial charge < -0.3 is 49.6 Å². The lowest BCUT2D eigenvalue weighted by Crippen LogP contribution is -2.68. The summed E-state index contributed by atoms with van der Waals surface area (Å²) in [5, 5.41) is 60.7. The molecule has 20 atom stereocenters. The summed E-state index contributed by atoms with van der Waals surface area (Å²) in [7, 11) is -6.17. The maximum absolute atomic E-state index is 14.0. The molecule has 0 amide bonds. The highest BCUT2D eigenvalue weighted by Gasteiger charge is 2.74. The van der Waals surface area contributed by atoms with Crippen LogP contribution >= 0.6 is 11.6 Å². The summed E-state index contributed by atoms with van der Waals surface area (Å²) >= 11 is 5.09. The lowest BCUT2D eigenvalue weighted by Gasteiger charge is -2.72. The molecular weight excluding hydrogens is 1810 g/mol. The van der Waals surface area contributed by atoms with Crippen LogP contribution in [0.5, 0.6) is 11.8 Å². The number of carbonyl (C=O) groups is 4. The first kappa shape index (κ1) is 108. The van der Waals surface area contributed by atoms with Crippen LogP contribution in [0.3, 0.4) is 0 Å². The van der Waals surface area contributed by atoms with Crippen molar-refractivity contribution in [1.29, 1.82) is 10.5 Å². The fourth-order valence-corrected chi connectivity index (χ4v) is 35.8. The lowest BCUT2D eigenvalue weighted by molar-refractivity contribution is -0.221. The van der Waals surface area contributed by atoms with Crippen molar-refractivity contribution in [1.82, 2.24) is 20.6 Å². The van der Waals surface area contributed by atoms with E-state index in [1.165, 1.54) is 117 Å². The number of nitriles is 2. The number of esters is 3. The van der Waals surface area contributed by atoms with E-state index in [1.54, 1.807) is 36.7 Å². The average Bonchev–Trinajstić information content (AvgIpc) is 1.66. The third kappa shape index (κ3) is 20.3. The normalized spacial score (nSPS) is 38.9. The number of carboxylic acid groups (broad SMARTS) is 1. The second-order valence-electron chi connectivity index (χ2n) is 49.1. The van der Waals surface area contributed by atoms with Crippen LogP contribution in [-0.2, 0) is 53.1 Å². The zero-order valence-corrected chi connectivity index (χ0v) is 89.2. The van der Waals surface area contributed by atoms with Gasteiger partial charge in [0.15, 0.2) is 6.07 Å². The van der Waals surface area contributed by atoms with Crippen LogP contribution in [0.2, 0.25) is 0 Å². The van der Waals surface area contributed by atoms with Gasteiger partial charge in [-0.25, -0.2) is 26.8 Å². The van der Waals surface area contributed by atoms with E-state index in [1.807, 2.05) is 13.8 Å². The van der Waals surface area contributed by atoms with E-state index in [2.05, 4.69) is 158 Å². The predicted molar refractivity (Wildman–Crippen MR) is 544 cm³/mol. The number of aromatic nitrogens is 2. The van der Waals surface area contributed by atoms with Gasteiger partial charge >= 0.3 is 23.9 Å². The van der Waals surface area contributed by atoms with Gasteiger partial charge in [0, 0.05) is 48.8 Å². The highest BCUT2D eigenvalue weighted by Crippen LogP contribution is 2.80. The van der Waals surface area contributed by atoms with Crippen LogP contribution in [0, 0.1) is 136 Å². The Labute approximate surface area is 837 Å². The molecule has 0 bridgehead atoms. The molecule has 0 radical (unpaired) electrons. The molecule has 14 aliphatic rings. The Morgan fingerprint density at radius 2 is 0.899 bits per heavy atom. The van der Waals surface area contributed by atoms with Crippen molar-refractivity contribution in [3.8, 4) is 23.9 Å². The summed E-state index contributed by atoms with van der Waals surface area (Å²) in [4.78, 5) is 57.8. The van der Waals surface area contributed by atoms with Crippen LogP contribution in [-0.4, -0.2) is 150 Å². The van der Waals surface area contributed by atoms with Gasteiger partial charge in [0.2, 0.25) is 18.6 Å². The number of alkyl halides is 1. The zero-order valence-electron chi connectivity index (χ0n) is 86.9. The van der Waals surface area contributed by atoms with Crippen molar-refractivity contribution >= 4 is 55.2 Å². The fraction of sp³-hybridized carbons (Fsp3) is 0.754. The van der Waals surface area contributed by atoms with E-state index < -0.39 is 66.4 Å². The minimum absolute atomic E-state index is 0.0166. The number of nitrogens with zero attached hydrogens (tertiary/aromatic N) is 4. The van der Waals surface area contributed by atoms with E-state index in [0.29, 0.717) is 186 Å². The van der Waals surface area contributed by atoms with Crippen molar-refractivity contribution in [2.24, 2.45) is 113 Å². The van der Waals surface area contributed by atoms with E-state index in [0.717, 1.165) is 64.5 Å². The molecule has 14 aliphatic carbocycles. The molecule has 2 aromatic heterocycles. The Morgan fingerprint density at radius 1 is 0.496 bits per heavy atom. The Kier molecular flexibility index (Phi) is 32.1. The number of ether oxygens (including phenoxy) is 5. The Hall–Kier alpha value is -6.77. The van der Waals surface area contributed by atoms with E-state index in [9.17, 15) is 61.9 Å². The number of fused-ring (bicyclic) bond motifs is 14. The van der Waals surface area contributed by atoms with Crippen molar-refractivity contribution in [3.05, 3.63) is 119 Å². The van der Waals surface area contributed by atoms with Gasteiger partial charge in [-0.15, -0.1) is 0 Å². The number of halogens is 1. The first-order chi connectivity index (χ1) is 65.4. The predicted octanol–water partition coefficient (Wildman–Crippen LogP) is 22.6. The average molecular weight is 1980 g/mol. The minimum atomic E-state index is -3.09.